The number of rotatable bonds is 9. The van der Waals surface area contributed by atoms with E-state index in [-0.39, 0.29) is 17.1 Å². The van der Waals surface area contributed by atoms with Crippen LogP contribution in [0.3, 0.4) is 0 Å². The molecule has 7 nitrogen and oxygen atoms in total. The molecule has 1 rings (SSSR count). The van der Waals surface area contributed by atoms with Crippen LogP contribution in [0.4, 0.5) is 11.4 Å². The molecular weight excluding hydrogens is 314 g/mol. The van der Waals surface area contributed by atoms with Gasteiger partial charge in [-0.2, -0.15) is 11.8 Å². The number of nitrogens with one attached hydrogen (secondary N) is 1. The molecule has 0 atom stereocenters. The molecular formula is C12H19N3O4S2. The van der Waals surface area contributed by atoms with Crippen LogP contribution in [0, 0.1) is 10.1 Å². The largest absolute Gasteiger partial charge is 0.399 e. The number of unbranched alkanes of at least 4 members (excludes halogenated alkanes) is 2. The minimum atomic E-state index is -3.90. The van der Waals surface area contributed by atoms with Gasteiger partial charge in [0.25, 0.3) is 5.69 Å². The third-order valence-electron chi connectivity index (χ3n) is 2.79. The number of hydrogen-bond acceptors (Lipinski definition) is 6. The third-order valence-corrected chi connectivity index (χ3v) is 4.99. The monoisotopic (exact) mass is 333 g/mol. The number of nitro groups is 1. The Bertz CT molecular complexity index is 590. The topological polar surface area (TPSA) is 115 Å². The molecule has 118 valence electrons. The molecule has 0 spiro atoms. The van der Waals surface area contributed by atoms with Crippen molar-refractivity contribution in [3.63, 3.8) is 0 Å². The fourth-order valence-electron chi connectivity index (χ4n) is 1.74. The van der Waals surface area contributed by atoms with E-state index in [0.717, 1.165) is 30.7 Å². The van der Waals surface area contributed by atoms with Crippen LogP contribution in [0.2, 0.25) is 0 Å². The average molecular weight is 333 g/mol. The molecule has 0 heterocycles. The molecule has 0 fully saturated rings. The first-order chi connectivity index (χ1) is 9.88. The molecule has 0 aliphatic carbocycles. The summed E-state index contributed by atoms with van der Waals surface area (Å²) in [5.74, 6) is 1.04. The van der Waals surface area contributed by atoms with Gasteiger partial charge in [0.2, 0.25) is 10.0 Å². The molecule has 1 aromatic rings. The molecule has 0 aliphatic heterocycles. The zero-order valence-electron chi connectivity index (χ0n) is 11.7. The van der Waals surface area contributed by atoms with Gasteiger partial charge in [-0.15, -0.1) is 0 Å². The summed E-state index contributed by atoms with van der Waals surface area (Å²) in [7, 11) is -3.90. The summed E-state index contributed by atoms with van der Waals surface area (Å²) >= 11 is 1.74. The van der Waals surface area contributed by atoms with E-state index in [1.165, 1.54) is 6.07 Å². The summed E-state index contributed by atoms with van der Waals surface area (Å²) in [6, 6.07) is 3.54. The van der Waals surface area contributed by atoms with Crippen molar-refractivity contribution < 1.29 is 13.3 Å². The Morgan fingerprint density at radius 1 is 1.33 bits per heavy atom. The number of nitro benzene ring substituents is 1. The maximum Gasteiger partial charge on any atom is 0.291 e. The maximum absolute atomic E-state index is 12.1. The lowest BCUT2D eigenvalue weighted by molar-refractivity contribution is -0.387. The lowest BCUT2D eigenvalue weighted by Crippen LogP contribution is -2.25. The summed E-state index contributed by atoms with van der Waals surface area (Å²) < 4.78 is 26.6. The van der Waals surface area contributed by atoms with Crippen LogP contribution < -0.4 is 10.5 Å². The van der Waals surface area contributed by atoms with Gasteiger partial charge in [-0.1, -0.05) is 6.42 Å². The van der Waals surface area contributed by atoms with E-state index in [0.29, 0.717) is 6.42 Å². The number of benzene rings is 1. The van der Waals surface area contributed by atoms with E-state index in [4.69, 9.17) is 5.73 Å². The number of anilines is 1. The second-order valence-corrected chi connectivity index (χ2v) is 7.16. The summed E-state index contributed by atoms with van der Waals surface area (Å²) in [6.45, 7) is 0.262. The zero-order valence-corrected chi connectivity index (χ0v) is 13.4. The Hall–Kier alpha value is -1.32. The molecule has 0 saturated heterocycles. The normalized spacial score (nSPS) is 11.5. The van der Waals surface area contributed by atoms with Crippen molar-refractivity contribution in [2.24, 2.45) is 0 Å². The molecule has 0 saturated carbocycles. The molecule has 9 heteroatoms. The third kappa shape index (κ3) is 5.52. The number of nitrogens with zero attached hydrogens (tertiary/aromatic N) is 1. The summed E-state index contributed by atoms with van der Waals surface area (Å²) in [5.41, 5.74) is 5.10. The van der Waals surface area contributed by atoms with Crippen molar-refractivity contribution in [2.45, 2.75) is 24.2 Å². The number of nitrogen functional groups attached to an aromatic ring is 1. The van der Waals surface area contributed by atoms with Gasteiger partial charge in [-0.3, -0.25) is 10.1 Å². The highest BCUT2D eigenvalue weighted by Crippen LogP contribution is 2.25. The van der Waals surface area contributed by atoms with Gasteiger partial charge in [0, 0.05) is 18.3 Å². The van der Waals surface area contributed by atoms with Crippen LogP contribution in [0.15, 0.2) is 23.1 Å². The number of sulfonamides is 1. The Labute approximate surface area is 128 Å². The van der Waals surface area contributed by atoms with E-state index in [2.05, 4.69) is 4.72 Å². The summed E-state index contributed by atoms with van der Waals surface area (Å²) in [5, 5.41) is 10.9. The second-order valence-electron chi connectivity index (χ2n) is 4.44. The molecule has 3 N–H and O–H groups in total. The highest BCUT2D eigenvalue weighted by atomic mass is 32.2. The fourth-order valence-corrected chi connectivity index (χ4v) is 3.45. The van der Waals surface area contributed by atoms with Crippen LogP contribution >= 0.6 is 11.8 Å². The SMILES string of the molecule is CSCCCCCNS(=O)(=O)c1ccc(N)cc1[N+](=O)[O-]. The van der Waals surface area contributed by atoms with Gasteiger partial charge in [0.15, 0.2) is 4.90 Å². The Kier molecular flexibility index (Phi) is 6.93. The van der Waals surface area contributed by atoms with Crippen LogP contribution in [-0.4, -0.2) is 31.9 Å². The van der Waals surface area contributed by atoms with Crippen molar-refractivity contribution in [3.8, 4) is 0 Å². The lowest BCUT2D eigenvalue weighted by atomic mass is 10.2. The summed E-state index contributed by atoms with van der Waals surface area (Å²) in [6.07, 6.45) is 4.64. The zero-order chi connectivity index (χ0) is 15.9. The molecule has 0 bridgehead atoms. The number of nitrogens with two attached hydrogens (primary N) is 1. The lowest BCUT2D eigenvalue weighted by Gasteiger charge is -2.07. The molecule has 0 aliphatic rings. The molecule has 0 amide bonds. The van der Waals surface area contributed by atoms with Gasteiger partial charge in [-0.05, 0) is 37.0 Å². The van der Waals surface area contributed by atoms with E-state index in [1.54, 1.807) is 11.8 Å². The predicted octanol–water partition coefficient (Wildman–Crippen LogP) is 1.99. The molecule has 0 radical (unpaired) electrons. The minimum Gasteiger partial charge on any atom is -0.399 e. The number of thioether (sulfide) groups is 1. The van der Waals surface area contributed by atoms with Crippen molar-refractivity contribution in [3.05, 3.63) is 28.3 Å². The Morgan fingerprint density at radius 2 is 2.05 bits per heavy atom. The second kappa shape index (κ2) is 8.20. The molecule has 0 unspecified atom stereocenters. The molecule has 1 aromatic carbocycles. The first kappa shape index (κ1) is 17.7. The van der Waals surface area contributed by atoms with E-state index >= 15 is 0 Å². The van der Waals surface area contributed by atoms with Crippen molar-refractivity contribution in [1.82, 2.24) is 4.72 Å². The van der Waals surface area contributed by atoms with Gasteiger partial charge >= 0.3 is 0 Å². The van der Waals surface area contributed by atoms with Crippen molar-refractivity contribution in [2.75, 3.05) is 24.3 Å². The standard InChI is InChI=1S/C12H19N3O4S2/c1-20-8-4-2-3-7-14-21(18,19)12-6-5-10(13)9-11(12)15(16)17/h5-6,9,14H,2-4,7-8,13H2,1H3. The van der Waals surface area contributed by atoms with Gasteiger partial charge < -0.3 is 5.73 Å². The van der Waals surface area contributed by atoms with E-state index in [1.807, 2.05) is 6.26 Å². The predicted molar refractivity (Wildman–Crippen MR) is 84.9 cm³/mol. The van der Waals surface area contributed by atoms with Gasteiger partial charge in [-0.25, -0.2) is 13.1 Å². The molecule has 0 aromatic heterocycles. The van der Waals surface area contributed by atoms with E-state index in [9.17, 15) is 18.5 Å². The van der Waals surface area contributed by atoms with Crippen molar-refractivity contribution in [1.29, 1.82) is 0 Å². The first-order valence-corrected chi connectivity index (χ1v) is 9.28. The van der Waals surface area contributed by atoms with Crippen LogP contribution in [-0.2, 0) is 10.0 Å². The smallest absolute Gasteiger partial charge is 0.291 e. The quantitative estimate of drug-likeness (QED) is 0.309. The highest BCUT2D eigenvalue weighted by Gasteiger charge is 2.25. The van der Waals surface area contributed by atoms with Crippen LogP contribution in [0.25, 0.3) is 0 Å². The van der Waals surface area contributed by atoms with Crippen molar-refractivity contribution >= 4 is 33.2 Å². The molecule has 21 heavy (non-hydrogen) atoms. The van der Waals surface area contributed by atoms with E-state index < -0.39 is 20.6 Å². The fraction of sp³-hybridized carbons (Fsp3) is 0.500. The van der Waals surface area contributed by atoms with Gasteiger partial charge in [0.1, 0.15) is 0 Å². The van der Waals surface area contributed by atoms with Crippen LogP contribution in [0.5, 0.6) is 0 Å². The Morgan fingerprint density at radius 3 is 2.67 bits per heavy atom. The number of hydrogen-bond donors (Lipinski definition) is 2. The van der Waals surface area contributed by atoms with Gasteiger partial charge in [0.05, 0.1) is 4.92 Å². The highest BCUT2D eigenvalue weighted by molar-refractivity contribution is 7.98. The average Bonchev–Trinajstić information content (AvgIpc) is 2.42. The Balaban J connectivity index is 2.72. The summed E-state index contributed by atoms with van der Waals surface area (Å²) in [4.78, 5) is 9.82. The first-order valence-electron chi connectivity index (χ1n) is 6.41. The minimum absolute atomic E-state index is 0.151. The van der Waals surface area contributed by atoms with Crippen LogP contribution in [0.1, 0.15) is 19.3 Å². The maximum atomic E-state index is 12.1.